The molecule has 0 aliphatic carbocycles. The molecule has 1 saturated heterocycles. The van der Waals surface area contributed by atoms with E-state index in [2.05, 4.69) is 11.8 Å². The summed E-state index contributed by atoms with van der Waals surface area (Å²) in [6.07, 6.45) is 1.02. The minimum absolute atomic E-state index is 0.154. The van der Waals surface area contributed by atoms with Gasteiger partial charge in [0.25, 0.3) is 0 Å². The second-order valence-corrected chi connectivity index (χ2v) is 3.60. The van der Waals surface area contributed by atoms with Crippen molar-refractivity contribution in [1.82, 2.24) is 4.90 Å². The Bertz CT molecular complexity index is 170. The van der Waals surface area contributed by atoms with E-state index in [-0.39, 0.29) is 5.92 Å². The molecule has 0 radical (unpaired) electrons. The van der Waals surface area contributed by atoms with Gasteiger partial charge in [0.2, 0.25) is 0 Å². The van der Waals surface area contributed by atoms with Crippen LogP contribution < -0.4 is 0 Å². The summed E-state index contributed by atoms with van der Waals surface area (Å²) in [5.41, 5.74) is 0. The Morgan fingerprint density at radius 1 is 1.67 bits per heavy atom. The number of rotatable bonds is 2. The van der Waals surface area contributed by atoms with Gasteiger partial charge in [0, 0.05) is 6.54 Å². The molecule has 0 aromatic carbocycles. The second kappa shape index (κ2) is 3.90. The molecule has 1 aliphatic heterocycles. The first-order valence-corrected chi connectivity index (χ1v) is 4.60. The summed E-state index contributed by atoms with van der Waals surface area (Å²) in [5, 5.41) is 8.90. The summed E-state index contributed by atoms with van der Waals surface area (Å²) >= 11 is 0. The Morgan fingerprint density at radius 2 is 2.33 bits per heavy atom. The zero-order chi connectivity index (χ0) is 9.14. The number of aliphatic carboxylic acids is 1. The summed E-state index contributed by atoms with van der Waals surface area (Å²) in [4.78, 5) is 13.0. The maximum absolute atomic E-state index is 10.8. The largest absolute Gasteiger partial charge is 0.481 e. The molecule has 0 amide bonds. The zero-order valence-corrected chi connectivity index (χ0v) is 7.79. The van der Waals surface area contributed by atoms with Gasteiger partial charge < -0.3 is 10.0 Å². The summed E-state index contributed by atoms with van der Waals surface area (Å²) in [6, 6.07) is 0. The first-order valence-electron chi connectivity index (χ1n) is 4.60. The van der Waals surface area contributed by atoms with Gasteiger partial charge in [-0.3, -0.25) is 4.79 Å². The molecule has 2 atom stereocenters. The lowest BCUT2D eigenvalue weighted by molar-refractivity contribution is -0.145. The molecule has 0 aromatic heterocycles. The maximum atomic E-state index is 10.8. The van der Waals surface area contributed by atoms with E-state index in [0.29, 0.717) is 5.92 Å². The summed E-state index contributed by atoms with van der Waals surface area (Å²) in [7, 11) is 0. The summed E-state index contributed by atoms with van der Waals surface area (Å²) in [6.45, 7) is 6.87. The number of nitrogens with zero attached hydrogens (tertiary/aromatic N) is 1. The number of piperidine rings is 1. The molecule has 0 aromatic rings. The van der Waals surface area contributed by atoms with Crippen LogP contribution in [0.1, 0.15) is 20.3 Å². The number of likely N-dealkylation sites (tertiary alicyclic amines) is 1. The molecule has 0 bridgehead atoms. The van der Waals surface area contributed by atoms with Gasteiger partial charge >= 0.3 is 5.97 Å². The third kappa shape index (κ3) is 1.97. The van der Waals surface area contributed by atoms with E-state index in [1.54, 1.807) is 0 Å². The second-order valence-electron chi connectivity index (χ2n) is 3.60. The zero-order valence-electron chi connectivity index (χ0n) is 7.79. The minimum atomic E-state index is -0.638. The van der Waals surface area contributed by atoms with Crippen LogP contribution in [0.15, 0.2) is 0 Å². The molecule has 0 spiro atoms. The van der Waals surface area contributed by atoms with E-state index in [0.717, 1.165) is 26.1 Å². The van der Waals surface area contributed by atoms with Crippen molar-refractivity contribution >= 4 is 5.97 Å². The first kappa shape index (κ1) is 9.52. The van der Waals surface area contributed by atoms with E-state index in [4.69, 9.17) is 5.11 Å². The van der Waals surface area contributed by atoms with Gasteiger partial charge in [-0.25, -0.2) is 0 Å². The van der Waals surface area contributed by atoms with Crippen LogP contribution in [0, 0.1) is 11.8 Å². The van der Waals surface area contributed by atoms with E-state index in [1.165, 1.54) is 0 Å². The fourth-order valence-corrected chi connectivity index (χ4v) is 1.75. The molecule has 12 heavy (non-hydrogen) atoms. The molecule has 1 rings (SSSR count). The molecule has 1 heterocycles. The van der Waals surface area contributed by atoms with Crippen molar-refractivity contribution in [2.45, 2.75) is 20.3 Å². The van der Waals surface area contributed by atoms with Crippen LogP contribution in [0.2, 0.25) is 0 Å². The predicted molar refractivity (Wildman–Crippen MR) is 47.0 cm³/mol. The maximum Gasteiger partial charge on any atom is 0.308 e. The van der Waals surface area contributed by atoms with Gasteiger partial charge in [0.05, 0.1) is 5.92 Å². The molecule has 1 aliphatic rings. The average molecular weight is 171 g/mol. The van der Waals surface area contributed by atoms with Crippen molar-refractivity contribution in [2.75, 3.05) is 19.6 Å². The van der Waals surface area contributed by atoms with Crippen molar-refractivity contribution in [3.05, 3.63) is 0 Å². The van der Waals surface area contributed by atoms with Gasteiger partial charge in [-0.05, 0) is 25.4 Å². The lowest BCUT2D eigenvalue weighted by Gasteiger charge is -2.33. The molecule has 70 valence electrons. The molecule has 3 heteroatoms. The van der Waals surface area contributed by atoms with E-state index < -0.39 is 5.97 Å². The van der Waals surface area contributed by atoms with Gasteiger partial charge in [0.1, 0.15) is 0 Å². The molecule has 1 fully saturated rings. The number of carbonyl (C=O) groups is 1. The smallest absolute Gasteiger partial charge is 0.308 e. The average Bonchev–Trinajstić information content (AvgIpc) is 2.05. The summed E-state index contributed by atoms with van der Waals surface area (Å²) < 4.78 is 0. The number of hydrogen-bond donors (Lipinski definition) is 1. The van der Waals surface area contributed by atoms with E-state index in [1.807, 2.05) is 6.92 Å². The van der Waals surface area contributed by atoms with Crippen molar-refractivity contribution in [3.63, 3.8) is 0 Å². The van der Waals surface area contributed by atoms with Crippen LogP contribution in [0.3, 0.4) is 0 Å². The Balaban J connectivity index is 2.53. The number of carboxylic acid groups (broad SMARTS) is 1. The third-order valence-corrected chi connectivity index (χ3v) is 2.81. The van der Waals surface area contributed by atoms with Gasteiger partial charge in [-0.2, -0.15) is 0 Å². The van der Waals surface area contributed by atoms with Crippen molar-refractivity contribution < 1.29 is 9.90 Å². The third-order valence-electron chi connectivity index (χ3n) is 2.81. The van der Waals surface area contributed by atoms with Crippen LogP contribution in [0.25, 0.3) is 0 Å². The van der Waals surface area contributed by atoms with Crippen molar-refractivity contribution in [1.29, 1.82) is 0 Å². The predicted octanol–water partition coefficient (Wildman–Crippen LogP) is 1.05. The van der Waals surface area contributed by atoms with Crippen LogP contribution in [0.4, 0.5) is 0 Å². The van der Waals surface area contributed by atoms with Crippen LogP contribution >= 0.6 is 0 Å². The topological polar surface area (TPSA) is 40.5 Å². The number of carboxylic acids is 1. The van der Waals surface area contributed by atoms with Gasteiger partial charge in [-0.1, -0.05) is 13.8 Å². The molecular weight excluding hydrogens is 154 g/mol. The van der Waals surface area contributed by atoms with Gasteiger partial charge in [-0.15, -0.1) is 0 Å². The molecular formula is C9H17NO2. The Hall–Kier alpha value is -0.570. The molecule has 1 N–H and O–H groups in total. The lowest BCUT2D eigenvalue weighted by Crippen LogP contribution is -2.42. The van der Waals surface area contributed by atoms with E-state index >= 15 is 0 Å². The standard InChI is InChI=1S/C9H17NO2/c1-3-10-5-4-7(2)8(6-10)9(11)12/h7-8H,3-6H2,1-2H3,(H,11,12). The van der Waals surface area contributed by atoms with Crippen molar-refractivity contribution in [2.24, 2.45) is 11.8 Å². The van der Waals surface area contributed by atoms with Crippen LogP contribution in [0.5, 0.6) is 0 Å². The monoisotopic (exact) mass is 171 g/mol. The lowest BCUT2D eigenvalue weighted by atomic mass is 9.87. The highest BCUT2D eigenvalue weighted by Gasteiger charge is 2.30. The quantitative estimate of drug-likeness (QED) is 0.675. The molecule has 2 unspecified atom stereocenters. The SMILES string of the molecule is CCN1CCC(C)C(C(=O)O)C1. The van der Waals surface area contributed by atoms with Crippen molar-refractivity contribution in [3.8, 4) is 0 Å². The Morgan fingerprint density at radius 3 is 2.83 bits per heavy atom. The fraction of sp³-hybridized carbons (Fsp3) is 0.889. The highest BCUT2D eigenvalue weighted by molar-refractivity contribution is 5.70. The molecule has 3 nitrogen and oxygen atoms in total. The fourth-order valence-electron chi connectivity index (χ4n) is 1.75. The first-order chi connectivity index (χ1) is 5.65. The Kier molecular flexibility index (Phi) is 3.09. The van der Waals surface area contributed by atoms with Gasteiger partial charge in [0.15, 0.2) is 0 Å². The normalized spacial score (nSPS) is 31.8. The highest BCUT2D eigenvalue weighted by atomic mass is 16.4. The summed E-state index contributed by atoms with van der Waals surface area (Å²) in [5.74, 6) is -0.454. The van der Waals surface area contributed by atoms with Crippen LogP contribution in [-0.4, -0.2) is 35.6 Å². The number of hydrogen-bond acceptors (Lipinski definition) is 2. The Labute approximate surface area is 73.4 Å². The minimum Gasteiger partial charge on any atom is -0.481 e. The van der Waals surface area contributed by atoms with Crippen LogP contribution in [-0.2, 0) is 4.79 Å². The molecule has 0 saturated carbocycles. The van der Waals surface area contributed by atoms with E-state index in [9.17, 15) is 4.79 Å². The highest BCUT2D eigenvalue weighted by Crippen LogP contribution is 2.22.